The standard InChI is InChI=1S/C29H51NO4/c1-17(16-30-19(3)31)6-9-25(33)18(2)27-26(34)15-24-22-8-7-20-14-21(32)10-12-28(20,4)23(22)11-13-29(24,27)5/h17-18,20-27,32-34H,6-16H2,1-5H3,(H,30,31)/t17-,18+,20-,21-,22+,23-,24-,25?,26-,27-,28-,29-/m0/s1. The average molecular weight is 478 g/mol. The van der Waals surface area contributed by atoms with E-state index in [4.69, 9.17) is 0 Å². The molecule has 4 rings (SSSR count). The molecule has 5 heteroatoms. The molecule has 4 N–H and O–H groups in total. The molecule has 12 atom stereocenters. The van der Waals surface area contributed by atoms with Crippen LogP contribution in [0.5, 0.6) is 0 Å². The molecule has 0 aromatic heterocycles. The topological polar surface area (TPSA) is 89.8 Å². The number of aliphatic hydroxyl groups excluding tert-OH is 3. The normalized spacial score (nSPS) is 46.5. The summed E-state index contributed by atoms with van der Waals surface area (Å²) >= 11 is 0. The summed E-state index contributed by atoms with van der Waals surface area (Å²) in [7, 11) is 0. The van der Waals surface area contributed by atoms with E-state index >= 15 is 0 Å². The fraction of sp³-hybridized carbons (Fsp3) is 0.966. The molecule has 0 aliphatic heterocycles. The van der Waals surface area contributed by atoms with E-state index in [-0.39, 0.29) is 35.4 Å². The number of aliphatic hydroxyl groups is 3. The van der Waals surface area contributed by atoms with Gasteiger partial charge in [-0.3, -0.25) is 4.79 Å². The number of hydrogen-bond acceptors (Lipinski definition) is 4. The van der Waals surface area contributed by atoms with E-state index in [9.17, 15) is 20.1 Å². The van der Waals surface area contributed by atoms with Crippen molar-refractivity contribution in [2.24, 2.45) is 52.3 Å². The molecule has 4 aliphatic carbocycles. The molecule has 5 nitrogen and oxygen atoms in total. The van der Waals surface area contributed by atoms with E-state index in [1.807, 2.05) is 0 Å². The summed E-state index contributed by atoms with van der Waals surface area (Å²) in [5.74, 6) is 3.16. The van der Waals surface area contributed by atoms with Gasteiger partial charge in [0.2, 0.25) is 5.91 Å². The Labute approximate surface area is 207 Å². The lowest BCUT2D eigenvalue weighted by molar-refractivity contribution is -0.133. The van der Waals surface area contributed by atoms with Crippen LogP contribution in [-0.2, 0) is 4.79 Å². The highest BCUT2D eigenvalue weighted by Crippen LogP contribution is 2.68. The maximum atomic E-state index is 11.4. The lowest BCUT2D eigenvalue weighted by Gasteiger charge is -2.61. The van der Waals surface area contributed by atoms with Gasteiger partial charge >= 0.3 is 0 Å². The summed E-state index contributed by atoms with van der Waals surface area (Å²) in [6.45, 7) is 11.4. The van der Waals surface area contributed by atoms with Crippen LogP contribution in [0.4, 0.5) is 0 Å². The quantitative estimate of drug-likeness (QED) is 0.434. The van der Waals surface area contributed by atoms with Crippen molar-refractivity contribution >= 4 is 5.91 Å². The van der Waals surface area contributed by atoms with Gasteiger partial charge in [-0.15, -0.1) is 0 Å². The SMILES string of the molecule is CC(=O)NC[C@@H](C)CCC(O)[C@@H](C)[C@H]1[C@@H](O)C[C@H]2[C@@H]3CC[C@H]4C[C@@H](O)CC[C@]4(C)[C@H]3CC[C@]12C. The predicted octanol–water partition coefficient (Wildman–Crippen LogP) is 4.53. The molecule has 34 heavy (non-hydrogen) atoms. The van der Waals surface area contributed by atoms with Crippen LogP contribution in [0.25, 0.3) is 0 Å². The van der Waals surface area contributed by atoms with Gasteiger partial charge < -0.3 is 20.6 Å². The summed E-state index contributed by atoms with van der Waals surface area (Å²) in [6.07, 6.45) is 9.60. The molecule has 0 radical (unpaired) electrons. The van der Waals surface area contributed by atoms with Gasteiger partial charge in [0.05, 0.1) is 18.3 Å². The maximum Gasteiger partial charge on any atom is 0.216 e. The Kier molecular flexibility index (Phi) is 7.78. The predicted molar refractivity (Wildman–Crippen MR) is 135 cm³/mol. The van der Waals surface area contributed by atoms with Gasteiger partial charge in [0, 0.05) is 13.5 Å². The molecule has 0 aromatic carbocycles. The van der Waals surface area contributed by atoms with Crippen LogP contribution in [0.2, 0.25) is 0 Å². The van der Waals surface area contributed by atoms with Gasteiger partial charge in [0.15, 0.2) is 0 Å². The third-order valence-electron chi connectivity index (χ3n) is 11.6. The number of carbonyl (C=O) groups excluding carboxylic acids is 1. The van der Waals surface area contributed by atoms with E-state index in [0.717, 1.165) is 50.9 Å². The van der Waals surface area contributed by atoms with Crippen LogP contribution < -0.4 is 5.32 Å². The second-order valence-corrected chi connectivity index (χ2v) is 13.5. The van der Waals surface area contributed by atoms with E-state index in [1.165, 1.54) is 19.3 Å². The van der Waals surface area contributed by atoms with Crippen LogP contribution >= 0.6 is 0 Å². The van der Waals surface area contributed by atoms with Gasteiger partial charge in [0.1, 0.15) is 0 Å². The number of nitrogens with one attached hydrogen (secondary N) is 1. The summed E-state index contributed by atoms with van der Waals surface area (Å²) < 4.78 is 0. The molecule has 4 saturated carbocycles. The third kappa shape index (κ3) is 4.70. The van der Waals surface area contributed by atoms with Crippen LogP contribution in [-0.4, -0.2) is 46.1 Å². The zero-order chi connectivity index (χ0) is 24.8. The van der Waals surface area contributed by atoms with Crippen molar-refractivity contribution in [3.05, 3.63) is 0 Å². The number of amides is 1. The first kappa shape index (κ1) is 26.4. The van der Waals surface area contributed by atoms with Crippen LogP contribution in [0.15, 0.2) is 0 Å². The molecule has 4 aliphatic rings. The molecular weight excluding hydrogens is 426 g/mol. The van der Waals surface area contributed by atoms with Crippen molar-refractivity contribution in [2.75, 3.05) is 6.54 Å². The Morgan fingerprint density at radius 1 is 0.971 bits per heavy atom. The molecule has 0 saturated heterocycles. The molecule has 0 aromatic rings. The average Bonchev–Trinajstić information content (AvgIpc) is 3.05. The first-order valence-electron chi connectivity index (χ1n) is 14.3. The Hall–Kier alpha value is -0.650. The van der Waals surface area contributed by atoms with E-state index < -0.39 is 6.10 Å². The van der Waals surface area contributed by atoms with Crippen molar-refractivity contribution < 1.29 is 20.1 Å². The molecule has 0 heterocycles. The zero-order valence-corrected chi connectivity index (χ0v) is 22.3. The Morgan fingerprint density at radius 2 is 1.68 bits per heavy atom. The van der Waals surface area contributed by atoms with E-state index in [2.05, 4.69) is 33.0 Å². The van der Waals surface area contributed by atoms with Crippen molar-refractivity contribution in [2.45, 2.75) is 117 Å². The molecule has 4 fully saturated rings. The largest absolute Gasteiger partial charge is 0.393 e. The Bertz CT molecular complexity index is 729. The summed E-state index contributed by atoms with van der Waals surface area (Å²) in [5, 5.41) is 35.7. The zero-order valence-electron chi connectivity index (χ0n) is 22.3. The molecule has 0 bridgehead atoms. The number of fused-ring (bicyclic) bond motifs is 5. The van der Waals surface area contributed by atoms with Gasteiger partial charge in [-0.1, -0.05) is 27.7 Å². The minimum Gasteiger partial charge on any atom is -0.393 e. The molecule has 1 unspecified atom stereocenters. The molecule has 196 valence electrons. The van der Waals surface area contributed by atoms with Crippen LogP contribution in [0, 0.1) is 52.3 Å². The first-order chi connectivity index (χ1) is 16.0. The van der Waals surface area contributed by atoms with Crippen molar-refractivity contribution in [1.29, 1.82) is 0 Å². The van der Waals surface area contributed by atoms with Gasteiger partial charge in [-0.25, -0.2) is 0 Å². The van der Waals surface area contributed by atoms with Crippen LogP contribution in [0.1, 0.15) is 98.8 Å². The van der Waals surface area contributed by atoms with E-state index in [0.29, 0.717) is 35.6 Å². The minimum absolute atomic E-state index is 0.00304. The van der Waals surface area contributed by atoms with E-state index in [1.54, 1.807) is 6.92 Å². The highest BCUT2D eigenvalue weighted by Gasteiger charge is 2.63. The fourth-order valence-corrected chi connectivity index (χ4v) is 9.62. The Balaban J connectivity index is 1.43. The second kappa shape index (κ2) is 10.0. The van der Waals surface area contributed by atoms with Gasteiger partial charge in [-0.2, -0.15) is 0 Å². The summed E-state index contributed by atoms with van der Waals surface area (Å²) in [6, 6.07) is 0. The highest BCUT2D eigenvalue weighted by molar-refractivity contribution is 5.72. The molecule has 1 amide bonds. The summed E-state index contributed by atoms with van der Waals surface area (Å²) in [4.78, 5) is 11.2. The summed E-state index contributed by atoms with van der Waals surface area (Å²) in [5.41, 5.74) is 0.446. The number of rotatable bonds is 7. The van der Waals surface area contributed by atoms with Crippen LogP contribution in [0.3, 0.4) is 0 Å². The smallest absolute Gasteiger partial charge is 0.216 e. The van der Waals surface area contributed by atoms with Gasteiger partial charge in [0.25, 0.3) is 0 Å². The molecular formula is C29H51NO4. The lowest BCUT2D eigenvalue weighted by atomic mass is 9.44. The highest BCUT2D eigenvalue weighted by atomic mass is 16.3. The monoisotopic (exact) mass is 477 g/mol. The minimum atomic E-state index is -0.416. The first-order valence-corrected chi connectivity index (χ1v) is 14.3. The second-order valence-electron chi connectivity index (χ2n) is 13.5. The lowest BCUT2D eigenvalue weighted by Crippen LogP contribution is -2.54. The van der Waals surface area contributed by atoms with Gasteiger partial charge in [-0.05, 0) is 116 Å². The maximum absolute atomic E-state index is 11.4. The Morgan fingerprint density at radius 3 is 2.38 bits per heavy atom. The third-order valence-corrected chi connectivity index (χ3v) is 11.6. The number of hydrogen-bond donors (Lipinski definition) is 4. The van der Waals surface area contributed by atoms with Crippen molar-refractivity contribution in [3.8, 4) is 0 Å². The molecule has 0 spiro atoms. The number of carbonyl (C=O) groups is 1. The fourth-order valence-electron chi connectivity index (χ4n) is 9.62. The van der Waals surface area contributed by atoms with Crippen molar-refractivity contribution in [3.63, 3.8) is 0 Å². The van der Waals surface area contributed by atoms with Crippen molar-refractivity contribution in [1.82, 2.24) is 5.32 Å².